The van der Waals surface area contributed by atoms with Gasteiger partial charge in [0.15, 0.2) is 15.6 Å². The molecule has 0 aromatic carbocycles. The molecule has 0 saturated carbocycles. The lowest BCUT2D eigenvalue weighted by molar-refractivity contribution is 0.127. The number of nitrogens with zero attached hydrogens (tertiary/aromatic N) is 2. The predicted molar refractivity (Wildman–Crippen MR) is 63.6 cm³/mol. The summed E-state index contributed by atoms with van der Waals surface area (Å²) in [7, 11) is -0.346. The summed E-state index contributed by atoms with van der Waals surface area (Å²) in [6.45, 7) is 2.94. The fourth-order valence-electron chi connectivity index (χ4n) is 1.43. The maximum Gasteiger partial charge on any atom is 0.162 e. The Morgan fingerprint density at radius 1 is 1.53 bits per heavy atom. The molecule has 1 N–H and O–H groups in total. The average Bonchev–Trinajstić information content (AvgIpc) is 2.56. The molecule has 0 aliphatic rings. The lowest BCUT2D eigenvalue weighted by atomic mass is 10.0. The highest BCUT2D eigenvalue weighted by atomic mass is 32.2. The molecule has 0 aliphatic carbocycles. The van der Waals surface area contributed by atoms with E-state index in [2.05, 4.69) is 5.10 Å². The van der Waals surface area contributed by atoms with Crippen LogP contribution in [0, 0.1) is 0 Å². The van der Waals surface area contributed by atoms with Crippen LogP contribution in [0.5, 0.6) is 5.75 Å². The predicted octanol–water partition coefficient (Wildman–Crippen LogP) is 0.285. The zero-order valence-electron chi connectivity index (χ0n) is 10.6. The van der Waals surface area contributed by atoms with Crippen molar-refractivity contribution in [1.29, 1.82) is 0 Å². The summed E-state index contributed by atoms with van der Waals surface area (Å²) in [5, 5.41) is 14.2. The van der Waals surface area contributed by atoms with Crippen LogP contribution in [0.1, 0.15) is 25.6 Å². The minimum absolute atomic E-state index is 0.350. The number of hydrogen-bond donors (Lipinski definition) is 1. The number of methoxy groups -OCH3 is 1. The molecule has 0 radical (unpaired) electrons. The fourth-order valence-corrected chi connectivity index (χ4v) is 1.95. The van der Waals surface area contributed by atoms with Gasteiger partial charge in [-0.1, -0.05) is 0 Å². The van der Waals surface area contributed by atoms with E-state index in [1.807, 2.05) is 0 Å². The smallest absolute Gasteiger partial charge is 0.162 e. The van der Waals surface area contributed by atoms with Crippen molar-refractivity contribution < 1.29 is 18.3 Å². The summed E-state index contributed by atoms with van der Waals surface area (Å²) in [4.78, 5) is 0. The minimum atomic E-state index is -3.42. The SMILES string of the molecule is COc1cnn(C)c1C(O)C(C)(C)S(C)(=O)=O. The largest absolute Gasteiger partial charge is 0.493 e. The number of hydrogen-bond acceptors (Lipinski definition) is 5. The Morgan fingerprint density at radius 2 is 2.06 bits per heavy atom. The number of rotatable bonds is 4. The summed E-state index contributed by atoms with van der Waals surface area (Å²) >= 11 is 0. The van der Waals surface area contributed by atoms with Gasteiger partial charge in [-0.15, -0.1) is 0 Å². The Balaban J connectivity index is 3.30. The highest BCUT2D eigenvalue weighted by molar-refractivity contribution is 7.92. The Labute approximate surface area is 101 Å². The van der Waals surface area contributed by atoms with Crippen molar-refractivity contribution in [3.63, 3.8) is 0 Å². The van der Waals surface area contributed by atoms with E-state index in [1.165, 1.54) is 31.8 Å². The highest BCUT2D eigenvalue weighted by Crippen LogP contribution is 2.36. The number of aliphatic hydroxyl groups is 1. The molecular formula is C10H18N2O4S. The van der Waals surface area contributed by atoms with Crippen molar-refractivity contribution in [3.05, 3.63) is 11.9 Å². The zero-order valence-corrected chi connectivity index (χ0v) is 11.4. The van der Waals surface area contributed by atoms with E-state index in [0.29, 0.717) is 11.4 Å². The highest BCUT2D eigenvalue weighted by Gasteiger charge is 2.41. The molecule has 1 rings (SSSR count). The number of sulfone groups is 1. The van der Waals surface area contributed by atoms with E-state index in [1.54, 1.807) is 7.05 Å². The molecule has 1 aromatic rings. The van der Waals surface area contributed by atoms with Gasteiger partial charge in [-0.05, 0) is 13.8 Å². The second-order valence-electron chi connectivity index (χ2n) is 4.50. The average molecular weight is 262 g/mol. The van der Waals surface area contributed by atoms with Gasteiger partial charge in [0.1, 0.15) is 11.8 Å². The summed E-state index contributed by atoms with van der Waals surface area (Å²) < 4.78 is 28.5. The quantitative estimate of drug-likeness (QED) is 0.843. The standard InChI is InChI=1S/C10H18N2O4S/c1-10(2,17(5,14)15)9(13)8-7(16-4)6-11-12(8)3/h6,9,13H,1-5H3. The molecule has 0 fully saturated rings. The second kappa shape index (κ2) is 4.30. The molecule has 1 atom stereocenters. The molecular weight excluding hydrogens is 244 g/mol. The fraction of sp³-hybridized carbons (Fsp3) is 0.700. The summed E-state index contributed by atoms with van der Waals surface area (Å²) in [6.07, 6.45) is 1.33. The Kier molecular flexibility index (Phi) is 3.54. The molecule has 6 nitrogen and oxygen atoms in total. The molecule has 17 heavy (non-hydrogen) atoms. The van der Waals surface area contributed by atoms with Crippen molar-refractivity contribution in [2.45, 2.75) is 24.7 Å². The molecule has 0 aliphatic heterocycles. The maximum absolute atomic E-state index is 11.7. The lowest BCUT2D eigenvalue weighted by Crippen LogP contribution is -2.38. The Morgan fingerprint density at radius 3 is 2.47 bits per heavy atom. The first-order valence-electron chi connectivity index (χ1n) is 5.06. The van der Waals surface area contributed by atoms with E-state index < -0.39 is 20.7 Å². The van der Waals surface area contributed by atoms with Gasteiger partial charge in [0.05, 0.1) is 18.1 Å². The van der Waals surface area contributed by atoms with Crippen LogP contribution in [-0.2, 0) is 16.9 Å². The molecule has 98 valence electrons. The number of ether oxygens (including phenoxy) is 1. The van der Waals surface area contributed by atoms with Crippen LogP contribution < -0.4 is 4.74 Å². The van der Waals surface area contributed by atoms with Gasteiger partial charge < -0.3 is 9.84 Å². The first-order chi connectivity index (χ1) is 7.63. The van der Waals surface area contributed by atoms with E-state index in [-0.39, 0.29) is 0 Å². The molecule has 0 amide bonds. The zero-order chi connectivity index (χ0) is 13.4. The van der Waals surface area contributed by atoms with Crippen LogP contribution in [-0.4, -0.2) is 41.4 Å². The number of aryl methyl sites for hydroxylation is 1. The summed E-state index contributed by atoms with van der Waals surface area (Å²) in [5.74, 6) is 0.372. The third kappa shape index (κ3) is 2.30. The Bertz CT molecular complexity index is 504. The number of aromatic nitrogens is 2. The van der Waals surface area contributed by atoms with Crippen LogP contribution in [0.2, 0.25) is 0 Å². The topological polar surface area (TPSA) is 81.4 Å². The van der Waals surface area contributed by atoms with E-state index in [4.69, 9.17) is 4.74 Å². The summed E-state index contributed by atoms with van der Waals surface area (Å²) in [6, 6.07) is 0. The Hall–Kier alpha value is -1.08. The van der Waals surface area contributed by atoms with E-state index in [0.717, 1.165) is 6.26 Å². The second-order valence-corrected chi connectivity index (χ2v) is 7.10. The van der Waals surface area contributed by atoms with Crippen molar-refractivity contribution in [2.24, 2.45) is 7.05 Å². The molecule has 0 bridgehead atoms. The van der Waals surface area contributed by atoms with Crippen molar-refractivity contribution in [2.75, 3.05) is 13.4 Å². The van der Waals surface area contributed by atoms with Gasteiger partial charge in [-0.25, -0.2) is 8.42 Å². The third-order valence-electron chi connectivity index (χ3n) is 3.04. The summed E-state index contributed by atoms with van der Waals surface area (Å²) in [5.41, 5.74) is 0.350. The minimum Gasteiger partial charge on any atom is -0.493 e. The van der Waals surface area contributed by atoms with Crippen molar-refractivity contribution >= 4 is 9.84 Å². The van der Waals surface area contributed by atoms with Gasteiger partial charge in [0.25, 0.3) is 0 Å². The maximum atomic E-state index is 11.7. The van der Waals surface area contributed by atoms with E-state index in [9.17, 15) is 13.5 Å². The van der Waals surface area contributed by atoms with Crippen LogP contribution in [0.25, 0.3) is 0 Å². The molecule has 1 heterocycles. The molecule has 7 heteroatoms. The van der Waals surface area contributed by atoms with Gasteiger partial charge in [0, 0.05) is 13.3 Å². The number of aliphatic hydroxyl groups excluding tert-OH is 1. The van der Waals surface area contributed by atoms with Gasteiger partial charge in [-0.2, -0.15) is 5.10 Å². The normalized spacial score (nSPS) is 14.7. The lowest BCUT2D eigenvalue weighted by Gasteiger charge is -2.28. The molecule has 0 saturated heterocycles. The molecule has 1 aromatic heterocycles. The van der Waals surface area contributed by atoms with Crippen molar-refractivity contribution in [1.82, 2.24) is 9.78 Å². The van der Waals surface area contributed by atoms with E-state index >= 15 is 0 Å². The molecule has 1 unspecified atom stereocenters. The van der Waals surface area contributed by atoms with Gasteiger partial charge in [-0.3, -0.25) is 4.68 Å². The monoisotopic (exact) mass is 262 g/mol. The van der Waals surface area contributed by atoms with Crippen LogP contribution in [0.15, 0.2) is 6.20 Å². The van der Waals surface area contributed by atoms with Crippen LogP contribution >= 0.6 is 0 Å². The van der Waals surface area contributed by atoms with Crippen LogP contribution in [0.3, 0.4) is 0 Å². The van der Waals surface area contributed by atoms with Gasteiger partial charge in [0.2, 0.25) is 0 Å². The van der Waals surface area contributed by atoms with Crippen molar-refractivity contribution in [3.8, 4) is 5.75 Å². The third-order valence-corrected chi connectivity index (χ3v) is 5.18. The first-order valence-corrected chi connectivity index (χ1v) is 6.95. The molecule has 0 spiro atoms. The van der Waals surface area contributed by atoms with Crippen LogP contribution in [0.4, 0.5) is 0 Å². The van der Waals surface area contributed by atoms with Gasteiger partial charge >= 0.3 is 0 Å². The first kappa shape index (κ1) is 14.0.